The van der Waals surface area contributed by atoms with Crippen LogP contribution in [0.2, 0.25) is 5.02 Å². The van der Waals surface area contributed by atoms with Crippen LogP contribution in [0.3, 0.4) is 0 Å². The molecule has 0 saturated carbocycles. The highest BCUT2D eigenvalue weighted by molar-refractivity contribution is 7.91. The van der Waals surface area contributed by atoms with Gasteiger partial charge >= 0.3 is 0 Å². The van der Waals surface area contributed by atoms with Crippen molar-refractivity contribution < 1.29 is 21.3 Å². The Hall–Kier alpha value is -2.13. The van der Waals surface area contributed by atoms with Crippen LogP contribution in [0.4, 0.5) is 0 Å². The summed E-state index contributed by atoms with van der Waals surface area (Å²) in [5, 5.41) is 0.0638. The predicted octanol–water partition coefficient (Wildman–Crippen LogP) is 4.37. The minimum atomic E-state index is -3.69. The van der Waals surface area contributed by atoms with Gasteiger partial charge in [-0.15, -0.1) is 0 Å². The second-order valence-corrected chi connectivity index (χ2v) is 12.2. The summed E-state index contributed by atoms with van der Waals surface area (Å²) < 4.78 is 57.9. The van der Waals surface area contributed by atoms with Gasteiger partial charge in [-0.05, 0) is 60.4 Å². The Bertz CT molecular complexity index is 1230. The summed E-state index contributed by atoms with van der Waals surface area (Å²) >= 11 is 5.92. The molecule has 0 bridgehead atoms. The zero-order valence-corrected chi connectivity index (χ0v) is 19.0. The lowest BCUT2D eigenvalue weighted by atomic mass is 10.1. The lowest BCUT2D eigenvalue weighted by Gasteiger charge is -2.30. The van der Waals surface area contributed by atoms with Crippen molar-refractivity contribution >= 4 is 31.5 Å². The maximum atomic E-state index is 13.0. The van der Waals surface area contributed by atoms with Crippen molar-refractivity contribution in [2.24, 2.45) is 0 Å². The van der Waals surface area contributed by atoms with Gasteiger partial charge in [0.25, 0.3) is 0 Å². The molecule has 4 rings (SSSR count). The van der Waals surface area contributed by atoms with Crippen molar-refractivity contribution in [3.05, 3.63) is 77.7 Å². The van der Waals surface area contributed by atoms with E-state index >= 15 is 0 Å². The maximum absolute atomic E-state index is 13.0. The monoisotopic (exact) mass is 479 g/mol. The Morgan fingerprint density at radius 3 is 2.00 bits per heavy atom. The Morgan fingerprint density at radius 2 is 1.45 bits per heavy atom. The standard InChI is InChI=1S/C22H22ClNO5S2/c23-19-7-3-17(4-8-19)18-5-9-22(10-6-18)31(27,28)24-13-11-21(12-14-24)30(25,26)16-20-2-1-15-29-20/h1-10,15,21H,11-14,16H2. The van der Waals surface area contributed by atoms with Gasteiger partial charge in [-0.3, -0.25) is 0 Å². The van der Waals surface area contributed by atoms with Crippen LogP contribution in [0, 0.1) is 0 Å². The normalized spacial score (nSPS) is 16.4. The molecule has 31 heavy (non-hydrogen) atoms. The third kappa shape index (κ3) is 4.87. The molecule has 0 unspecified atom stereocenters. The van der Waals surface area contributed by atoms with Crippen LogP contribution in [0.1, 0.15) is 18.6 Å². The summed E-state index contributed by atoms with van der Waals surface area (Å²) in [7, 11) is -7.09. The van der Waals surface area contributed by atoms with Crippen molar-refractivity contribution in [3.8, 4) is 11.1 Å². The zero-order chi connectivity index (χ0) is 22.1. The van der Waals surface area contributed by atoms with E-state index in [1.54, 1.807) is 48.5 Å². The number of hydrogen-bond acceptors (Lipinski definition) is 5. The van der Waals surface area contributed by atoms with Gasteiger partial charge in [-0.2, -0.15) is 4.31 Å². The summed E-state index contributed by atoms with van der Waals surface area (Å²) in [6.07, 6.45) is 1.98. The molecule has 164 valence electrons. The van der Waals surface area contributed by atoms with E-state index in [-0.39, 0.29) is 36.6 Å². The minimum Gasteiger partial charge on any atom is -0.468 e. The molecule has 1 aromatic heterocycles. The molecular weight excluding hydrogens is 458 g/mol. The van der Waals surface area contributed by atoms with E-state index in [4.69, 9.17) is 16.0 Å². The molecule has 1 fully saturated rings. The van der Waals surface area contributed by atoms with Crippen LogP contribution in [0.5, 0.6) is 0 Å². The summed E-state index contributed by atoms with van der Waals surface area (Å²) in [5.41, 5.74) is 1.83. The van der Waals surface area contributed by atoms with E-state index in [1.807, 2.05) is 12.1 Å². The molecule has 0 amide bonds. The van der Waals surface area contributed by atoms with E-state index < -0.39 is 25.1 Å². The molecule has 6 nitrogen and oxygen atoms in total. The Labute approximate surface area is 187 Å². The minimum absolute atomic E-state index is 0.163. The quantitative estimate of drug-likeness (QED) is 0.524. The number of sulfonamides is 1. The average molecular weight is 480 g/mol. The van der Waals surface area contributed by atoms with Crippen molar-refractivity contribution in [2.75, 3.05) is 13.1 Å². The fourth-order valence-electron chi connectivity index (χ4n) is 3.75. The molecule has 0 N–H and O–H groups in total. The summed E-state index contributed by atoms with van der Waals surface area (Å²) in [6, 6.07) is 17.3. The molecule has 0 aliphatic carbocycles. The molecule has 0 radical (unpaired) electrons. The molecule has 1 aliphatic heterocycles. The van der Waals surface area contributed by atoms with Crippen LogP contribution >= 0.6 is 11.6 Å². The maximum Gasteiger partial charge on any atom is 0.243 e. The highest BCUT2D eigenvalue weighted by atomic mass is 35.5. The number of halogens is 1. The van der Waals surface area contributed by atoms with Gasteiger partial charge in [0, 0.05) is 18.1 Å². The second-order valence-electron chi connectivity index (χ2n) is 7.52. The second kappa shape index (κ2) is 8.78. The topological polar surface area (TPSA) is 84.7 Å². The molecule has 2 heterocycles. The summed E-state index contributed by atoms with van der Waals surface area (Å²) in [4.78, 5) is 0.196. The van der Waals surface area contributed by atoms with E-state index in [9.17, 15) is 16.8 Å². The van der Waals surface area contributed by atoms with Crippen LogP contribution in [0.15, 0.2) is 76.2 Å². The number of sulfone groups is 1. The van der Waals surface area contributed by atoms with E-state index in [0.717, 1.165) is 11.1 Å². The van der Waals surface area contributed by atoms with Gasteiger partial charge in [0.15, 0.2) is 9.84 Å². The van der Waals surface area contributed by atoms with Gasteiger partial charge in [-0.1, -0.05) is 35.9 Å². The predicted molar refractivity (Wildman–Crippen MR) is 120 cm³/mol. The first-order valence-corrected chi connectivity index (χ1v) is 13.4. The fourth-order valence-corrected chi connectivity index (χ4v) is 7.07. The van der Waals surface area contributed by atoms with E-state index in [2.05, 4.69) is 0 Å². The Morgan fingerprint density at radius 1 is 0.871 bits per heavy atom. The third-order valence-electron chi connectivity index (χ3n) is 5.50. The van der Waals surface area contributed by atoms with Gasteiger partial charge in [0.1, 0.15) is 11.5 Å². The van der Waals surface area contributed by atoms with Crippen LogP contribution in [-0.4, -0.2) is 39.5 Å². The molecule has 3 aromatic rings. The Balaban J connectivity index is 1.43. The van der Waals surface area contributed by atoms with Crippen molar-refractivity contribution in [1.82, 2.24) is 4.31 Å². The first kappa shape index (κ1) is 22.1. The lowest BCUT2D eigenvalue weighted by molar-refractivity contribution is 0.345. The van der Waals surface area contributed by atoms with Gasteiger partial charge < -0.3 is 4.42 Å². The summed E-state index contributed by atoms with van der Waals surface area (Å²) in [5.74, 6) is 0.236. The lowest BCUT2D eigenvalue weighted by Crippen LogP contribution is -2.42. The first-order chi connectivity index (χ1) is 14.8. The van der Waals surface area contributed by atoms with E-state index in [0.29, 0.717) is 10.8 Å². The largest absolute Gasteiger partial charge is 0.468 e. The third-order valence-corrected chi connectivity index (χ3v) is 9.84. The van der Waals surface area contributed by atoms with Crippen LogP contribution in [0.25, 0.3) is 11.1 Å². The molecular formula is C22H22ClNO5S2. The fraction of sp³-hybridized carbons (Fsp3) is 0.273. The number of piperidine rings is 1. The highest BCUT2D eigenvalue weighted by Crippen LogP contribution is 2.28. The molecule has 9 heteroatoms. The Kier molecular flexibility index (Phi) is 6.25. The highest BCUT2D eigenvalue weighted by Gasteiger charge is 2.35. The van der Waals surface area contributed by atoms with Gasteiger partial charge in [-0.25, -0.2) is 16.8 Å². The average Bonchev–Trinajstić information content (AvgIpc) is 3.27. The number of rotatable bonds is 6. The first-order valence-electron chi connectivity index (χ1n) is 9.86. The number of hydrogen-bond donors (Lipinski definition) is 0. The molecule has 1 aliphatic rings. The van der Waals surface area contributed by atoms with Crippen molar-refractivity contribution in [1.29, 1.82) is 0 Å². The number of furan rings is 1. The van der Waals surface area contributed by atoms with E-state index in [1.165, 1.54) is 10.6 Å². The number of benzene rings is 2. The van der Waals surface area contributed by atoms with Crippen LogP contribution in [-0.2, 0) is 25.6 Å². The smallest absolute Gasteiger partial charge is 0.243 e. The molecule has 0 spiro atoms. The van der Waals surface area contributed by atoms with Crippen molar-refractivity contribution in [3.63, 3.8) is 0 Å². The van der Waals surface area contributed by atoms with Crippen LogP contribution < -0.4 is 0 Å². The van der Waals surface area contributed by atoms with Gasteiger partial charge in [0.05, 0.1) is 16.4 Å². The SMILES string of the molecule is O=S(=O)(Cc1ccco1)C1CCN(S(=O)(=O)c2ccc(-c3ccc(Cl)cc3)cc2)CC1. The van der Waals surface area contributed by atoms with Gasteiger partial charge in [0.2, 0.25) is 10.0 Å². The zero-order valence-electron chi connectivity index (χ0n) is 16.6. The molecule has 0 atom stereocenters. The molecule has 2 aromatic carbocycles. The van der Waals surface area contributed by atoms with Crippen molar-refractivity contribution in [2.45, 2.75) is 28.7 Å². The summed E-state index contributed by atoms with van der Waals surface area (Å²) in [6.45, 7) is 0.340. The number of nitrogens with zero attached hydrogens (tertiary/aromatic N) is 1. The molecule has 1 saturated heterocycles.